The van der Waals surface area contributed by atoms with E-state index in [1.807, 2.05) is 11.0 Å². The van der Waals surface area contributed by atoms with Crippen molar-refractivity contribution in [3.8, 4) is 29.0 Å². The van der Waals surface area contributed by atoms with Crippen LogP contribution in [0, 0.1) is 23.0 Å². The minimum atomic E-state index is -0.954. The van der Waals surface area contributed by atoms with Crippen LogP contribution in [0.25, 0.3) is 32.1 Å². The van der Waals surface area contributed by atoms with Crippen molar-refractivity contribution in [2.24, 2.45) is 0 Å². The van der Waals surface area contributed by atoms with E-state index in [1.54, 1.807) is 0 Å². The third kappa shape index (κ3) is 4.48. The highest BCUT2D eigenvalue weighted by atomic mass is 35.5. The van der Waals surface area contributed by atoms with Crippen LogP contribution in [0.15, 0.2) is 12.1 Å². The number of nitrogens with zero attached hydrogens (tertiary/aromatic N) is 5. The number of fused-ring (bicyclic) bond motifs is 4. The van der Waals surface area contributed by atoms with Crippen LogP contribution in [0.1, 0.15) is 44.1 Å². The van der Waals surface area contributed by atoms with Gasteiger partial charge in [-0.1, -0.05) is 17.7 Å². The molecular formula is C32H30ClF3N6O3S. The van der Waals surface area contributed by atoms with Crippen LogP contribution < -0.4 is 20.1 Å². The van der Waals surface area contributed by atoms with E-state index >= 15 is 4.39 Å². The summed E-state index contributed by atoms with van der Waals surface area (Å²) in [6, 6.07) is 4.44. The highest BCUT2D eigenvalue weighted by molar-refractivity contribution is 7.23. The fourth-order valence-electron chi connectivity index (χ4n) is 7.90. The highest BCUT2D eigenvalue weighted by Crippen LogP contribution is 2.51. The number of aliphatic hydroxyl groups excluding tert-OH is 1. The zero-order chi connectivity index (χ0) is 31.9. The number of halogens is 4. The number of ether oxygens (including phenoxy) is 2. The van der Waals surface area contributed by atoms with E-state index in [0.29, 0.717) is 38.0 Å². The topological polar surface area (TPSA) is 121 Å². The number of benzene rings is 2. The second-order valence-corrected chi connectivity index (χ2v) is 14.1. The number of nitrogen functional groups attached to an aromatic ring is 1. The number of piperidine rings is 1. The molecule has 0 saturated carbocycles. The molecule has 0 radical (unpaired) electrons. The molecule has 14 heteroatoms. The number of nitrogens with two attached hydrogens (primary N) is 1. The molecular weight excluding hydrogens is 641 g/mol. The second-order valence-electron chi connectivity index (χ2n) is 12.7. The first-order valence-corrected chi connectivity index (χ1v) is 16.6. The van der Waals surface area contributed by atoms with Gasteiger partial charge < -0.3 is 25.2 Å². The van der Waals surface area contributed by atoms with E-state index in [0.717, 1.165) is 30.7 Å². The summed E-state index contributed by atoms with van der Waals surface area (Å²) < 4.78 is 59.1. The van der Waals surface area contributed by atoms with Crippen LogP contribution in [-0.4, -0.2) is 76.7 Å². The molecule has 0 bridgehead atoms. The van der Waals surface area contributed by atoms with E-state index in [-0.39, 0.29) is 85.3 Å². The number of nitriles is 1. The lowest BCUT2D eigenvalue weighted by atomic mass is 9.94. The van der Waals surface area contributed by atoms with Crippen molar-refractivity contribution in [1.82, 2.24) is 14.9 Å². The fraction of sp³-hybridized carbons (Fsp3) is 0.469. The molecule has 0 amide bonds. The van der Waals surface area contributed by atoms with Gasteiger partial charge in [0.05, 0.1) is 38.9 Å². The van der Waals surface area contributed by atoms with Gasteiger partial charge in [0, 0.05) is 42.9 Å². The van der Waals surface area contributed by atoms with Gasteiger partial charge >= 0.3 is 6.01 Å². The molecule has 3 fully saturated rings. The van der Waals surface area contributed by atoms with Gasteiger partial charge in [0.1, 0.15) is 41.0 Å². The Labute approximate surface area is 271 Å². The number of hydrogen-bond donors (Lipinski definition) is 2. The summed E-state index contributed by atoms with van der Waals surface area (Å²) in [6.45, 7) is 1.78. The van der Waals surface area contributed by atoms with Crippen molar-refractivity contribution in [2.75, 3.05) is 43.5 Å². The zero-order valence-electron chi connectivity index (χ0n) is 24.7. The molecule has 4 aromatic rings. The van der Waals surface area contributed by atoms with Gasteiger partial charge in [-0.05, 0) is 43.9 Å². The Bertz CT molecular complexity index is 1950. The Morgan fingerprint density at radius 1 is 1.22 bits per heavy atom. The molecule has 0 spiro atoms. The van der Waals surface area contributed by atoms with Gasteiger partial charge in [0.2, 0.25) is 0 Å². The van der Waals surface area contributed by atoms with Gasteiger partial charge in [0.25, 0.3) is 0 Å². The van der Waals surface area contributed by atoms with Crippen LogP contribution in [0.5, 0.6) is 11.8 Å². The molecule has 6 heterocycles. The molecule has 3 unspecified atom stereocenters. The van der Waals surface area contributed by atoms with Crippen LogP contribution >= 0.6 is 22.9 Å². The molecule has 2 aromatic heterocycles. The SMILES string of the molecule is N#Cc1c(N)sc2c(F)ccc(-c3c(Cl)c4c5c(nc(OCC67CCCN6C[C@H](F)C7)nc5c3F)N3CC(O)CCC3CCO4)c12. The molecule has 3 saturated heterocycles. The summed E-state index contributed by atoms with van der Waals surface area (Å²) in [7, 11) is 0. The Hall–Kier alpha value is -3.57. The van der Waals surface area contributed by atoms with E-state index in [2.05, 4.69) is 9.88 Å². The van der Waals surface area contributed by atoms with E-state index < -0.39 is 29.4 Å². The average molecular weight is 671 g/mol. The van der Waals surface area contributed by atoms with Gasteiger partial charge in [-0.15, -0.1) is 11.3 Å². The maximum absolute atomic E-state index is 17.1. The second kappa shape index (κ2) is 11.0. The molecule has 0 aliphatic carbocycles. The number of rotatable bonds is 4. The molecule has 46 heavy (non-hydrogen) atoms. The van der Waals surface area contributed by atoms with E-state index in [1.165, 1.54) is 12.1 Å². The van der Waals surface area contributed by atoms with Crippen molar-refractivity contribution in [3.63, 3.8) is 0 Å². The van der Waals surface area contributed by atoms with E-state index in [9.17, 15) is 19.1 Å². The molecule has 4 atom stereocenters. The Kier molecular flexibility index (Phi) is 7.13. The molecule has 4 aliphatic rings. The van der Waals surface area contributed by atoms with E-state index in [4.69, 9.17) is 31.8 Å². The van der Waals surface area contributed by atoms with Crippen molar-refractivity contribution in [1.29, 1.82) is 5.26 Å². The molecule has 8 rings (SSSR count). The molecule has 4 aliphatic heterocycles. The summed E-state index contributed by atoms with van der Waals surface area (Å²) in [5.74, 6) is -0.965. The quantitative estimate of drug-likeness (QED) is 0.271. The number of alkyl halides is 1. The van der Waals surface area contributed by atoms with Crippen LogP contribution in [-0.2, 0) is 0 Å². The fourth-order valence-corrected chi connectivity index (χ4v) is 9.18. The smallest absolute Gasteiger partial charge is 0.319 e. The van der Waals surface area contributed by atoms with Gasteiger partial charge in [0.15, 0.2) is 11.6 Å². The Morgan fingerprint density at radius 2 is 2.07 bits per heavy atom. The lowest BCUT2D eigenvalue weighted by Crippen LogP contribution is -2.47. The number of aromatic nitrogens is 2. The van der Waals surface area contributed by atoms with Crippen LogP contribution in [0.2, 0.25) is 5.02 Å². The largest absolute Gasteiger partial charge is 0.491 e. The highest BCUT2D eigenvalue weighted by Gasteiger charge is 2.49. The first-order chi connectivity index (χ1) is 22.2. The number of hydrogen-bond acceptors (Lipinski definition) is 10. The zero-order valence-corrected chi connectivity index (χ0v) is 26.2. The standard InChI is InChI=1S/C32H30ClF3N6O3S/c33-24-22(18-4-5-20(35)28-21(18)19(11-37)29(38)46-28)25(36)26-23-27(24)44-9-6-16-2-3-17(43)13-42(16)30(23)40-31(39-26)45-14-32-7-1-8-41(32)12-15(34)10-32/h4-5,15-17,43H,1-3,6-10,12-14,38H2/t15-,16?,17?,32?/m1/s1. The number of thiophene rings is 1. The maximum Gasteiger partial charge on any atom is 0.319 e. The summed E-state index contributed by atoms with van der Waals surface area (Å²) >= 11 is 7.90. The van der Waals surface area contributed by atoms with Crippen LogP contribution in [0.3, 0.4) is 0 Å². The van der Waals surface area contributed by atoms with Gasteiger partial charge in [-0.3, -0.25) is 4.90 Å². The average Bonchev–Trinajstić information content (AvgIpc) is 3.67. The summed E-state index contributed by atoms with van der Waals surface area (Å²) in [6.07, 6.45) is 2.33. The molecule has 3 N–H and O–H groups in total. The lowest BCUT2D eigenvalue weighted by Gasteiger charge is -2.40. The maximum atomic E-state index is 17.1. The van der Waals surface area contributed by atoms with Crippen molar-refractivity contribution >= 4 is 54.7 Å². The molecule has 9 nitrogen and oxygen atoms in total. The monoisotopic (exact) mass is 670 g/mol. The predicted molar refractivity (Wildman–Crippen MR) is 169 cm³/mol. The minimum absolute atomic E-state index is 0.0225. The van der Waals surface area contributed by atoms with Crippen molar-refractivity contribution in [3.05, 3.63) is 34.4 Å². The van der Waals surface area contributed by atoms with Gasteiger partial charge in [-0.25, -0.2) is 13.2 Å². The third-order valence-corrected chi connectivity index (χ3v) is 11.4. The first-order valence-electron chi connectivity index (χ1n) is 15.4. The van der Waals surface area contributed by atoms with Crippen molar-refractivity contribution in [2.45, 2.75) is 62.4 Å². The summed E-state index contributed by atoms with van der Waals surface area (Å²) in [5, 5.41) is 21.0. The summed E-state index contributed by atoms with van der Waals surface area (Å²) in [5.41, 5.74) is 5.53. The lowest BCUT2D eigenvalue weighted by molar-refractivity contribution is 0.107. The molecule has 240 valence electrons. The Morgan fingerprint density at radius 3 is 2.89 bits per heavy atom. The predicted octanol–water partition coefficient (Wildman–Crippen LogP) is 5.96. The minimum Gasteiger partial charge on any atom is -0.491 e. The Balaban J connectivity index is 1.36. The van der Waals surface area contributed by atoms with Crippen molar-refractivity contribution < 1.29 is 27.8 Å². The third-order valence-electron chi connectivity index (χ3n) is 10.0. The van der Waals surface area contributed by atoms with Gasteiger partial charge in [-0.2, -0.15) is 15.2 Å². The summed E-state index contributed by atoms with van der Waals surface area (Å²) in [4.78, 5) is 13.4. The molecule has 2 aromatic carbocycles. The number of aliphatic hydroxyl groups is 1. The van der Waals surface area contributed by atoms with Crippen LogP contribution in [0.4, 0.5) is 24.0 Å². The normalized spacial score (nSPS) is 26.0. The number of anilines is 2. The first kappa shape index (κ1) is 29.8.